The summed E-state index contributed by atoms with van der Waals surface area (Å²) in [5.74, 6) is 1.49. The topological polar surface area (TPSA) is 26.0 Å². The number of hydrogen-bond acceptors (Lipinski definition) is 2. The summed E-state index contributed by atoms with van der Waals surface area (Å²) in [6.45, 7) is 3.68. The molecule has 2 aromatic rings. The fourth-order valence-electron chi connectivity index (χ4n) is 1.04. The van der Waals surface area contributed by atoms with Crippen LogP contribution in [0.3, 0.4) is 0 Å². The molecule has 0 bridgehead atoms. The minimum atomic E-state index is 0.675. The van der Waals surface area contributed by atoms with E-state index in [2.05, 4.69) is 11.9 Å². The average Bonchev–Trinajstić information content (AvgIpc) is 2.54. The summed E-state index contributed by atoms with van der Waals surface area (Å²) in [4.78, 5) is 3.99. The van der Waals surface area contributed by atoms with E-state index in [-0.39, 0.29) is 0 Å². The summed E-state index contributed by atoms with van der Waals surface area (Å²) < 4.78 is 5.32. The van der Waals surface area contributed by atoms with Gasteiger partial charge in [-0.1, -0.05) is 0 Å². The Morgan fingerprint density at radius 2 is 2.17 bits per heavy atom. The molecule has 0 aliphatic heterocycles. The molecule has 0 aliphatic rings. The van der Waals surface area contributed by atoms with Crippen molar-refractivity contribution in [2.75, 3.05) is 0 Å². The summed E-state index contributed by atoms with van der Waals surface area (Å²) >= 11 is 0. The largest absolute Gasteiger partial charge is 0.461 e. The summed E-state index contributed by atoms with van der Waals surface area (Å²) in [5, 5.41) is 0. The number of aromatic nitrogens is 1. The molecule has 2 aromatic heterocycles. The van der Waals surface area contributed by atoms with Gasteiger partial charge in [0.15, 0.2) is 0 Å². The lowest BCUT2D eigenvalue weighted by atomic mass is 10.2. The van der Waals surface area contributed by atoms with Gasteiger partial charge in [0.1, 0.15) is 11.5 Å². The van der Waals surface area contributed by atoms with Gasteiger partial charge in [-0.3, -0.25) is 4.98 Å². The van der Waals surface area contributed by atoms with E-state index in [0.717, 1.165) is 11.3 Å². The minimum absolute atomic E-state index is 0.675. The Labute approximate surface area is 70.9 Å². The third-order valence-corrected chi connectivity index (χ3v) is 1.61. The zero-order valence-electron chi connectivity index (χ0n) is 6.53. The van der Waals surface area contributed by atoms with Gasteiger partial charge in [0.2, 0.25) is 0 Å². The normalized spacial score (nSPS) is 10.1. The predicted molar refractivity (Wildman–Crippen MR) is 46.4 cm³/mol. The molecule has 0 fully saturated rings. The van der Waals surface area contributed by atoms with E-state index in [1.54, 1.807) is 12.4 Å². The zero-order chi connectivity index (χ0) is 8.39. The molecule has 0 amide bonds. The molecule has 0 saturated heterocycles. The van der Waals surface area contributed by atoms with Gasteiger partial charge >= 0.3 is 0 Å². The first-order chi connectivity index (χ1) is 5.86. The minimum Gasteiger partial charge on any atom is -0.461 e. The first-order valence-corrected chi connectivity index (χ1v) is 3.68. The van der Waals surface area contributed by atoms with E-state index in [9.17, 15) is 0 Å². The van der Waals surface area contributed by atoms with Crippen molar-refractivity contribution < 1.29 is 4.42 Å². The highest BCUT2D eigenvalue weighted by Crippen LogP contribution is 2.19. The number of hydrogen-bond donors (Lipinski definition) is 0. The Hall–Kier alpha value is -1.57. The number of nitrogens with zero attached hydrogens (tertiary/aromatic N) is 1. The fraction of sp³-hybridized carbons (Fsp3) is 0. The second-order valence-electron chi connectivity index (χ2n) is 2.51. The van der Waals surface area contributed by atoms with Gasteiger partial charge in [-0.2, -0.15) is 0 Å². The van der Waals surface area contributed by atoms with Crippen LogP contribution in [0.15, 0.2) is 41.1 Å². The second kappa shape index (κ2) is 2.81. The maximum atomic E-state index is 5.32. The Morgan fingerprint density at radius 1 is 1.25 bits per heavy atom. The third-order valence-electron chi connectivity index (χ3n) is 1.61. The molecule has 2 heterocycles. The van der Waals surface area contributed by atoms with E-state index >= 15 is 0 Å². The van der Waals surface area contributed by atoms with Crippen LogP contribution in [0.5, 0.6) is 0 Å². The Kier molecular flexibility index (Phi) is 1.67. The van der Waals surface area contributed by atoms with Gasteiger partial charge in [0.25, 0.3) is 0 Å². The van der Waals surface area contributed by atoms with Crippen molar-refractivity contribution in [1.82, 2.24) is 4.98 Å². The first-order valence-electron chi connectivity index (χ1n) is 3.68. The number of pyridine rings is 1. The van der Waals surface area contributed by atoms with Crippen LogP contribution < -0.4 is 0 Å². The highest BCUT2D eigenvalue weighted by Gasteiger charge is 2.00. The SMILES string of the molecule is [CH2]c1ccc(-c2cccnc2)o1. The summed E-state index contributed by atoms with van der Waals surface area (Å²) in [6.07, 6.45) is 3.50. The molecular weight excluding hydrogens is 150 g/mol. The molecule has 1 radical (unpaired) electrons. The van der Waals surface area contributed by atoms with Crippen LogP contribution in [0.2, 0.25) is 0 Å². The van der Waals surface area contributed by atoms with Gasteiger partial charge in [-0.25, -0.2) is 0 Å². The van der Waals surface area contributed by atoms with E-state index in [0.29, 0.717) is 5.76 Å². The zero-order valence-corrected chi connectivity index (χ0v) is 6.53. The van der Waals surface area contributed by atoms with Gasteiger partial charge in [0, 0.05) is 24.9 Å². The summed E-state index contributed by atoms with van der Waals surface area (Å²) in [7, 11) is 0. The third kappa shape index (κ3) is 1.23. The molecule has 0 unspecified atom stereocenters. The van der Waals surface area contributed by atoms with Crippen LogP contribution in [0, 0.1) is 6.92 Å². The standard InChI is InChI=1S/C10H8NO/c1-8-4-5-10(12-8)9-3-2-6-11-7-9/h2-7H,1H2. The Morgan fingerprint density at radius 3 is 2.75 bits per heavy atom. The van der Waals surface area contributed by atoms with Gasteiger partial charge in [-0.15, -0.1) is 0 Å². The van der Waals surface area contributed by atoms with Crippen molar-refractivity contribution in [1.29, 1.82) is 0 Å². The fourth-order valence-corrected chi connectivity index (χ4v) is 1.04. The predicted octanol–water partition coefficient (Wildman–Crippen LogP) is 2.52. The molecule has 0 N–H and O–H groups in total. The smallest absolute Gasteiger partial charge is 0.135 e. The first kappa shape index (κ1) is 7.10. The quantitative estimate of drug-likeness (QED) is 0.637. The number of furan rings is 1. The monoisotopic (exact) mass is 158 g/mol. The lowest BCUT2D eigenvalue weighted by Gasteiger charge is -1.93. The van der Waals surface area contributed by atoms with Crippen molar-refractivity contribution in [3.05, 3.63) is 49.3 Å². The highest BCUT2D eigenvalue weighted by molar-refractivity contribution is 5.55. The van der Waals surface area contributed by atoms with Crippen LogP contribution >= 0.6 is 0 Å². The Balaban J connectivity index is 2.45. The van der Waals surface area contributed by atoms with Crippen molar-refractivity contribution in [2.45, 2.75) is 0 Å². The van der Waals surface area contributed by atoms with Crippen LogP contribution in [-0.4, -0.2) is 4.98 Å². The molecule has 2 rings (SSSR count). The molecule has 59 valence electrons. The van der Waals surface area contributed by atoms with Crippen molar-refractivity contribution in [3.8, 4) is 11.3 Å². The van der Waals surface area contributed by atoms with E-state index in [1.165, 1.54) is 0 Å². The lowest BCUT2D eigenvalue weighted by Crippen LogP contribution is -1.73. The van der Waals surface area contributed by atoms with Crippen LogP contribution in [-0.2, 0) is 0 Å². The van der Waals surface area contributed by atoms with Crippen LogP contribution in [0.1, 0.15) is 5.76 Å². The molecule has 2 nitrogen and oxygen atoms in total. The van der Waals surface area contributed by atoms with E-state index in [4.69, 9.17) is 4.42 Å². The van der Waals surface area contributed by atoms with E-state index in [1.807, 2.05) is 24.3 Å². The van der Waals surface area contributed by atoms with E-state index < -0.39 is 0 Å². The average molecular weight is 158 g/mol. The summed E-state index contributed by atoms with van der Waals surface area (Å²) in [5.41, 5.74) is 0.979. The summed E-state index contributed by atoms with van der Waals surface area (Å²) in [6, 6.07) is 7.55. The molecule has 0 atom stereocenters. The maximum absolute atomic E-state index is 5.32. The molecule has 0 spiro atoms. The molecule has 2 heteroatoms. The van der Waals surface area contributed by atoms with Gasteiger partial charge < -0.3 is 4.42 Å². The van der Waals surface area contributed by atoms with Gasteiger partial charge in [0.05, 0.1) is 0 Å². The maximum Gasteiger partial charge on any atom is 0.135 e. The molecular formula is C10H8NO. The number of rotatable bonds is 1. The van der Waals surface area contributed by atoms with Gasteiger partial charge in [-0.05, 0) is 24.3 Å². The molecule has 0 aromatic carbocycles. The molecule has 0 aliphatic carbocycles. The highest BCUT2D eigenvalue weighted by atomic mass is 16.3. The lowest BCUT2D eigenvalue weighted by molar-refractivity contribution is 0.563. The van der Waals surface area contributed by atoms with Crippen molar-refractivity contribution in [2.24, 2.45) is 0 Å². The molecule has 0 saturated carbocycles. The van der Waals surface area contributed by atoms with Crippen LogP contribution in [0.4, 0.5) is 0 Å². The van der Waals surface area contributed by atoms with Crippen molar-refractivity contribution in [3.63, 3.8) is 0 Å². The Bertz CT molecular complexity index is 364. The second-order valence-corrected chi connectivity index (χ2v) is 2.51. The molecule has 12 heavy (non-hydrogen) atoms. The van der Waals surface area contributed by atoms with Crippen molar-refractivity contribution >= 4 is 0 Å². The van der Waals surface area contributed by atoms with Crippen LogP contribution in [0.25, 0.3) is 11.3 Å².